The van der Waals surface area contributed by atoms with Crippen LogP contribution in [0, 0.1) is 5.82 Å². The van der Waals surface area contributed by atoms with Gasteiger partial charge >= 0.3 is 6.01 Å². The van der Waals surface area contributed by atoms with Crippen molar-refractivity contribution < 1.29 is 24.1 Å². The van der Waals surface area contributed by atoms with E-state index in [0.717, 1.165) is 12.8 Å². The van der Waals surface area contributed by atoms with Gasteiger partial charge in [0.15, 0.2) is 0 Å². The van der Waals surface area contributed by atoms with Gasteiger partial charge in [0.2, 0.25) is 0 Å². The predicted octanol–water partition coefficient (Wildman–Crippen LogP) is 3.17. The van der Waals surface area contributed by atoms with Crippen molar-refractivity contribution in [1.29, 1.82) is 0 Å². The van der Waals surface area contributed by atoms with Crippen molar-refractivity contribution in [3.8, 4) is 11.8 Å². The molecular formula is C24H25FN4O4. The van der Waals surface area contributed by atoms with Crippen LogP contribution in [0.4, 0.5) is 15.9 Å². The third-order valence-electron chi connectivity index (χ3n) is 6.53. The summed E-state index contributed by atoms with van der Waals surface area (Å²) in [5.41, 5.74) is 1.75. The number of fused-ring (bicyclic) bond motifs is 2. The van der Waals surface area contributed by atoms with Crippen LogP contribution in [-0.2, 0) is 13.0 Å². The van der Waals surface area contributed by atoms with Crippen molar-refractivity contribution in [3.63, 3.8) is 0 Å². The number of aliphatic hydroxyl groups is 1. The number of benzene rings is 2. The molecule has 1 unspecified atom stereocenters. The van der Waals surface area contributed by atoms with Gasteiger partial charge in [0.25, 0.3) is 5.91 Å². The van der Waals surface area contributed by atoms with Gasteiger partial charge in [0.1, 0.15) is 22.9 Å². The number of aryl methyl sites for hydroxylation is 1. The monoisotopic (exact) mass is 452 g/mol. The maximum Gasteiger partial charge on any atom is 0.318 e. The number of aromatic nitrogens is 2. The Hall–Kier alpha value is -3.46. The van der Waals surface area contributed by atoms with Gasteiger partial charge in [0.05, 0.1) is 37.7 Å². The average molecular weight is 452 g/mol. The van der Waals surface area contributed by atoms with Crippen LogP contribution in [0.3, 0.4) is 0 Å². The van der Waals surface area contributed by atoms with Crippen molar-refractivity contribution in [2.24, 2.45) is 0 Å². The minimum absolute atomic E-state index is 0.0151. The minimum atomic E-state index is -0.355. The van der Waals surface area contributed by atoms with E-state index in [1.807, 2.05) is 11.8 Å². The zero-order valence-corrected chi connectivity index (χ0v) is 18.5. The number of ether oxygens (including phenoxy) is 1. The first-order chi connectivity index (χ1) is 16.0. The Morgan fingerprint density at radius 1 is 1.27 bits per heavy atom. The summed E-state index contributed by atoms with van der Waals surface area (Å²) in [7, 11) is 1.46. The lowest BCUT2D eigenvalue weighted by Gasteiger charge is -2.26. The number of aliphatic hydroxyl groups excluding tert-OH is 1. The number of aromatic hydroxyl groups is 1. The van der Waals surface area contributed by atoms with E-state index < -0.39 is 0 Å². The molecule has 0 radical (unpaired) electrons. The lowest BCUT2D eigenvalue weighted by molar-refractivity contribution is 0.0997. The Bertz CT molecular complexity index is 1270. The highest BCUT2D eigenvalue weighted by molar-refractivity contribution is 6.16. The van der Waals surface area contributed by atoms with Gasteiger partial charge in [-0.2, -0.15) is 9.97 Å². The topological polar surface area (TPSA) is 99.0 Å². The molecule has 9 heteroatoms. The van der Waals surface area contributed by atoms with Crippen molar-refractivity contribution in [3.05, 3.63) is 46.9 Å². The highest BCUT2D eigenvalue weighted by atomic mass is 19.1. The molecule has 1 fully saturated rings. The molecule has 0 spiro atoms. The number of carbonyl (C=O) groups excluding carboxylic acids is 1. The third-order valence-corrected chi connectivity index (χ3v) is 6.53. The van der Waals surface area contributed by atoms with Gasteiger partial charge in [-0.1, -0.05) is 13.0 Å². The van der Waals surface area contributed by atoms with Crippen molar-refractivity contribution in [2.45, 2.75) is 38.8 Å². The molecule has 3 aromatic rings. The van der Waals surface area contributed by atoms with Crippen LogP contribution < -0.4 is 14.5 Å². The number of phenols is 1. The van der Waals surface area contributed by atoms with Gasteiger partial charge in [0, 0.05) is 18.0 Å². The molecule has 0 bridgehead atoms. The first-order valence-corrected chi connectivity index (χ1v) is 11.0. The van der Waals surface area contributed by atoms with Gasteiger partial charge in [-0.3, -0.25) is 4.79 Å². The molecule has 0 aliphatic carbocycles. The van der Waals surface area contributed by atoms with E-state index in [4.69, 9.17) is 4.74 Å². The van der Waals surface area contributed by atoms with E-state index >= 15 is 0 Å². The molecule has 2 aromatic carbocycles. The van der Waals surface area contributed by atoms with Crippen LogP contribution in [0.2, 0.25) is 0 Å². The Kier molecular flexibility index (Phi) is 5.28. The molecule has 1 saturated heterocycles. The molecule has 172 valence electrons. The SMILES string of the molecule is CCc1c(F)ccc2cc(O)cc(N3Cc4nc(OC)nc(N5CCCC5CO)c4C3=O)c12. The van der Waals surface area contributed by atoms with Crippen molar-refractivity contribution in [2.75, 3.05) is 30.1 Å². The molecule has 2 aliphatic heterocycles. The number of hydrogen-bond donors (Lipinski definition) is 2. The summed E-state index contributed by atoms with van der Waals surface area (Å²) in [4.78, 5) is 26.1. The first kappa shape index (κ1) is 21.4. The quantitative estimate of drug-likeness (QED) is 0.614. The van der Waals surface area contributed by atoms with Gasteiger partial charge < -0.3 is 24.7 Å². The van der Waals surface area contributed by atoms with Crippen LogP contribution in [-0.4, -0.2) is 52.4 Å². The highest BCUT2D eigenvalue weighted by Gasteiger charge is 2.39. The second kappa shape index (κ2) is 8.15. The zero-order chi connectivity index (χ0) is 23.3. The number of methoxy groups -OCH3 is 1. The second-order valence-corrected chi connectivity index (χ2v) is 8.36. The molecule has 2 aliphatic rings. The molecule has 1 aromatic heterocycles. The van der Waals surface area contributed by atoms with Crippen LogP contribution in [0.5, 0.6) is 11.8 Å². The summed E-state index contributed by atoms with van der Waals surface area (Å²) in [5, 5.41) is 21.4. The lowest BCUT2D eigenvalue weighted by atomic mass is 9.99. The van der Waals surface area contributed by atoms with Gasteiger partial charge in [-0.15, -0.1) is 0 Å². The number of phenolic OH excluding ortho intramolecular Hbond substituents is 1. The fourth-order valence-corrected chi connectivity index (χ4v) is 5.00. The molecule has 33 heavy (non-hydrogen) atoms. The van der Waals surface area contributed by atoms with Crippen molar-refractivity contribution in [1.82, 2.24) is 9.97 Å². The largest absolute Gasteiger partial charge is 0.508 e. The maximum atomic E-state index is 14.7. The summed E-state index contributed by atoms with van der Waals surface area (Å²) in [6.45, 7) is 2.60. The molecule has 1 atom stereocenters. The fraction of sp³-hybridized carbons (Fsp3) is 0.375. The van der Waals surface area contributed by atoms with Crippen LogP contribution in [0.15, 0.2) is 24.3 Å². The number of rotatable bonds is 5. The molecule has 2 N–H and O–H groups in total. The number of carbonyl (C=O) groups is 1. The highest BCUT2D eigenvalue weighted by Crippen LogP contribution is 2.41. The van der Waals surface area contributed by atoms with E-state index in [9.17, 15) is 19.4 Å². The molecule has 0 saturated carbocycles. The first-order valence-electron chi connectivity index (χ1n) is 11.0. The number of nitrogens with zero attached hydrogens (tertiary/aromatic N) is 4. The third kappa shape index (κ3) is 3.34. The van der Waals surface area contributed by atoms with Crippen LogP contribution >= 0.6 is 0 Å². The van der Waals surface area contributed by atoms with E-state index in [1.54, 1.807) is 12.1 Å². The summed E-state index contributed by atoms with van der Waals surface area (Å²) in [5.74, 6) is -0.262. The second-order valence-electron chi connectivity index (χ2n) is 8.36. The van der Waals surface area contributed by atoms with Gasteiger partial charge in [-0.25, -0.2) is 4.39 Å². The summed E-state index contributed by atoms with van der Waals surface area (Å²) in [6.07, 6.45) is 2.10. The number of hydrogen-bond acceptors (Lipinski definition) is 7. The average Bonchev–Trinajstić information content (AvgIpc) is 3.42. The van der Waals surface area contributed by atoms with E-state index in [-0.39, 0.29) is 42.7 Å². The summed E-state index contributed by atoms with van der Waals surface area (Å²) in [6, 6.07) is 6.03. The standard InChI is InChI=1S/C24H25FN4O4/c1-3-16-17(25)7-6-13-9-15(31)10-19(20(13)16)29-11-18-21(23(29)32)22(27-24(26-18)33-2)28-8-4-5-14(28)12-30/h6-7,9-10,14,30-31H,3-5,8,11-12H2,1-2H3. The zero-order valence-electron chi connectivity index (χ0n) is 18.5. The molecule has 8 nitrogen and oxygen atoms in total. The molecule has 1 amide bonds. The molecule has 3 heterocycles. The Morgan fingerprint density at radius 3 is 2.82 bits per heavy atom. The van der Waals surface area contributed by atoms with Crippen LogP contribution in [0.25, 0.3) is 10.8 Å². The Morgan fingerprint density at radius 2 is 2.09 bits per heavy atom. The summed E-state index contributed by atoms with van der Waals surface area (Å²) < 4.78 is 20.0. The lowest BCUT2D eigenvalue weighted by Crippen LogP contribution is -2.34. The minimum Gasteiger partial charge on any atom is -0.508 e. The Balaban J connectivity index is 1.68. The maximum absolute atomic E-state index is 14.7. The van der Waals surface area contributed by atoms with Crippen LogP contribution in [0.1, 0.15) is 41.4 Å². The number of amides is 1. The van der Waals surface area contributed by atoms with Gasteiger partial charge in [-0.05, 0) is 42.3 Å². The smallest absolute Gasteiger partial charge is 0.318 e. The normalized spacial score (nSPS) is 17.8. The Labute approximate surface area is 190 Å². The fourth-order valence-electron chi connectivity index (χ4n) is 5.00. The summed E-state index contributed by atoms with van der Waals surface area (Å²) >= 11 is 0. The molecule has 5 rings (SSSR count). The van der Waals surface area contributed by atoms with Crippen molar-refractivity contribution >= 4 is 28.2 Å². The predicted molar refractivity (Wildman–Crippen MR) is 122 cm³/mol. The molecular weight excluding hydrogens is 427 g/mol. The van der Waals surface area contributed by atoms with E-state index in [1.165, 1.54) is 24.1 Å². The van der Waals surface area contributed by atoms with E-state index in [2.05, 4.69) is 9.97 Å². The van der Waals surface area contributed by atoms with E-state index in [0.29, 0.717) is 52.1 Å². The number of halogens is 1. The number of anilines is 2.